The molecule has 0 saturated heterocycles. The van der Waals surface area contributed by atoms with Crippen molar-refractivity contribution in [3.63, 3.8) is 0 Å². The third-order valence-electron chi connectivity index (χ3n) is 8.31. The summed E-state index contributed by atoms with van der Waals surface area (Å²) in [6, 6.07) is 0. The highest BCUT2D eigenvalue weighted by Gasteiger charge is 2.61. The van der Waals surface area contributed by atoms with Crippen molar-refractivity contribution in [2.75, 3.05) is 7.05 Å². The fourth-order valence-corrected chi connectivity index (χ4v) is 6.69. The third-order valence-corrected chi connectivity index (χ3v) is 8.88. The summed E-state index contributed by atoms with van der Waals surface area (Å²) < 4.78 is 0. The number of hydrogen-bond acceptors (Lipinski definition) is 2. The minimum Gasteiger partial charge on any atom is -0.382 e. The summed E-state index contributed by atoms with van der Waals surface area (Å²) in [6.45, 7) is 19.7. The molecule has 0 aromatic carbocycles. The van der Waals surface area contributed by atoms with E-state index < -0.39 is 0 Å². The van der Waals surface area contributed by atoms with Crippen molar-refractivity contribution in [2.24, 2.45) is 11.8 Å². The van der Waals surface area contributed by atoms with Crippen LogP contribution in [0.25, 0.3) is 0 Å². The first-order valence-corrected chi connectivity index (χ1v) is 12.0. The molecular formula is C26H41ClN2. The van der Waals surface area contributed by atoms with E-state index in [9.17, 15) is 0 Å². The molecular weight excluding hydrogens is 376 g/mol. The van der Waals surface area contributed by atoms with Gasteiger partial charge in [0.15, 0.2) is 0 Å². The summed E-state index contributed by atoms with van der Waals surface area (Å²) in [6.07, 6.45) is 12.3. The van der Waals surface area contributed by atoms with Gasteiger partial charge in [-0.05, 0) is 69.6 Å². The molecule has 2 bridgehead atoms. The van der Waals surface area contributed by atoms with Gasteiger partial charge in [-0.15, -0.1) is 11.6 Å². The number of rotatable bonds is 9. The van der Waals surface area contributed by atoms with Crippen LogP contribution in [-0.4, -0.2) is 28.4 Å². The first-order valence-electron chi connectivity index (χ1n) is 11.6. The maximum Gasteiger partial charge on any atom is 0.0589 e. The van der Waals surface area contributed by atoms with E-state index in [2.05, 4.69) is 63.8 Å². The summed E-state index contributed by atoms with van der Waals surface area (Å²) in [5.41, 5.74) is 5.53. The lowest BCUT2D eigenvalue weighted by molar-refractivity contribution is 0.165. The van der Waals surface area contributed by atoms with Gasteiger partial charge in [-0.1, -0.05) is 57.7 Å². The van der Waals surface area contributed by atoms with Crippen LogP contribution >= 0.6 is 11.6 Å². The van der Waals surface area contributed by atoms with Crippen LogP contribution in [0, 0.1) is 11.8 Å². The predicted molar refractivity (Wildman–Crippen MR) is 127 cm³/mol. The van der Waals surface area contributed by atoms with E-state index in [4.69, 9.17) is 11.6 Å². The van der Waals surface area contributed by atoms with Gasteiger partial charge in [0, 0.05) is 24.0 Å². The normalized spacial score (nSPS) is 37.3. The molecule has 0 aromatic rings. The Bertz CT molecular complexity index is 707. The monoisotopic (exact) mass is 416 g/mol. The number of allylic oxidation sites excluding steroid dienone is 5. The van der Waals surface area contributed by atoms with Gasteiger partial charge in [-0.25, -0.2) is 0 Å². The van der Waals surface area contributed by atoms with E-state index >= 15 is 0 Å². The number of halogens is 1. The summed E-state index contributed by atoms with van der Waals surface area (Å²) in [7, 11) is 2.24. The van der Waals surface area contributed by atoms with Gasteiger partial charge in [0.1, 0.15) is 0 Å². The molecule has 0 heterocycles. The quantitative estimate of drug-likeness (QED) is 0.323. The Morgan fingerprint density at radius 2 is 2.03 bits per heavy atom. The molecule has 0 spiro atoms. The molecule has 0 radical (unpaired) electrons. The fourth-order valence-electron chi connectivity index (χ4n) is 6.17. The van der Waals surface area contributed by atoms with E-state index in [1.165, 1.54) is 24.1 Å². The average Bonchev–Trinajstić information content (AvgIpc) is 3.29. The van der Waals surface area contributed by atoms with Gasteiger partial charge in [-0.2, -0.15) is 0 Å². The zero-order chi connectivity index (χ0) is 21.4. The average molecular weight is 417 g/mol. The molecule has 5 unspecified atom stereocenters. The van der Waals surface area contributed by atoms with Crippen LogP contribution in [0.4, 0.5) is 0 Å². The molecule has 3 heteroatoms. The second-order valence-electron chi connectivity index (χ2n) is 9.89. The standard InChI is InChI=1S/C26H41ClN2/c1-8-19(4)28-26-14-13-25(17-26,16-24(26)27)29(7)20(5)11-10-12-22-15-18(3)21(6)23(22)9-2/h12,21,23-24,28H,3-5,8-11,13-17H2,1-2,6-7H3/b22-12+. The van der Waals surface area contributed by atoms with Crippen molar-refractivity contribution in [3.05, 3.63) is 48.4 Å². The minimum absolute atomic E-state index is 0.0138. The number of nitrogens with zero attached hydrogens (tertiary/aromatic N) is 1. The maximum atomic E-state index is 6.88. The summed E-state index contributed by atoms with van der Waals surface area (Å²) in [5, 5.41) is 3.86. The molecule has 0 aliphatic heterocycles. The van der Waals surface area contributed by atoms with Crippen LogP contribution in [0.2, 0.25) is 0 Å². The van der Waals surface area contributed by atoms with Crippen LogP contribution in [0.3, 0.4) is 0 Å². The highest BCUT2D eigenvalue weighted by molar-refractivity contribution is 6.22. The van der Waals surface area contributed by atoms with Crippen molar-refractivity contribution in [2.45, 2.75) is 95.0 Å². The van der Waals surface area contributed by atoms with Crippen LogP contribution in [0.15, 0.2) is 48.4 Å². The lowest BCUT2D eigenvalue weighted by Crippen LogP contribution is -2.47. The number of hydrogen-bond donors (Lipinski definition) is 1. The molecule has 3 fully saturated rings. The molecule has 2 nitrogen and oxygen atoms in total. The lowest BCUT2D eigenvalue weighted by atomic mass is 9.89. The van der Waals surface area contributed by atoms with E-state index in [0.29, 0.717) is 11.8 Å². The Morgan fingerprint density at radius 1 is 1.31 bits per heavy atom. The Balaban J connectivity index is 1.61. The first kappa shape index (κ1) is 22.5. The largest absolute Gasteiger partial charge is 0.382 e. The van der Waals surface area contributed by atoms with Crippen molar-refractivity contribution in [1.29, 1.82) is 0 Å². The molecule has 162 valence electrons. The van der Waals surface area contributed by atoms with E-state index in [0.717, 1.165) is 50.6 Å². The van der Waals surface area contributed by atoms with Crippen molar-refractivity contribution >= 4 is 11.6 Å². The Labute approximate surface area is 184 Å². The second kappa shape index (κ2) is 8.53. The van der Waals surface area contributed by atoms with Crippen LogP contribution in [-0.2, 0) is 0 Å². The number of nitrogens with one attached hydrogen (secondary N) is 1. The first-order chi connectivity index (χ1) is 13.7. The van der Waals surface area contributed by atoms with Crippen LogP contribution in [0.1, 0.15) is 78.6 Å². The highest BCUT2D eigenvalue weighted by atomic mass is 35.5. The molecule has 3 aliphatic carbocycles. The molecule has 3 rings (SSSR count). The molecule has 0 aromatic heterocycles. The van der Waals surface area contributed by atoms with Crippen molar-refractivity contribution in [3.8, 4) is 0 Å². The Kier molecular flexibility index (Phi) is 6.63. The Morgan fingerprint density at radius 3 is 2.66 bits per heavy atom. The Hall–Kier alpha value is -1.15. The maximum absolute atomic E-state index is 6.88. The van der Waals surface area contributed by atoms with Gasteiger partial charge in [-0.3, -0.25) is 0 Å². The predicted octanol–water partition coefficient (Wildman–Crippen LogP) is 6.95. The molecule has 3 saturated carbocycles. The number of alkyl halides is 1. The molecule has 3 aliphatic rings. The van der Waals surface area contributed by atoms with Gasteiger partial charge in [0.05, 0.1) is 10.9 Å². The molecule has 0 amide bonds. The topological polar surface area (TPSA) is 15.3 Å². The second-order valence-corrected chi connectivity index (χ2v) is 10.4. The van der Waals surface area contributed by atoms with Crippen molar-refractivity contribution in [1.82, 2.24) is 10.2 Å². The third kappa shape index (κ3) is 4.07. The number of fused-ring (bicyclic) bond motifs is 2. The summed E-state index contributed by atoms with van der Waals surface area (Å²) in [5.74, 6) is 1.32. The highest BCUT2D eigenvalue weighted by Crippen LogP contribution is 2.56. The van der Waals surface area contributed by atoms with E-state index in [1.807, 2.05) is 0 Å². The minimum atomic E-state index is 0.0138. The van der Waals surface area contributed by atoms with E-state index in [1.54, 1.807) is 5.57 Å². The van der Waals surface area contributed by atoms with Gasteiger partial charge >= 0.3 is 0 Å². The zero-order valence-corrected chi connectivity index (χ0v) is 19.9. The SMILES string of the molecule is C=C(CC)NC12CCC(N(C)C(=C)CC/C=C3\CC(=C)C(C)C3CC)(CC1Cl)C2. The van der Waals surface area contributed by atoms with Crippen LogP contribution < -0.4 is 5.32 Å². The lowest BCUT2D eigenvalue weighted by Gasteiger charge is -2.41. The van der Waals surface area contributed by atoms with Gasteiger partial charge in [0.2, 0.25) is 0 Å². The fraction of sp³-hybridized carbons (Fsp3) is 0.692. The summed E-state index contributed by atoms with van der Waals surface area (Å²) in [4.78, 5) is 2.47. The van der Waals surface area contributed by atoms with E-state index in [-0.39, 0.29) is 16.5 Å². The summed E-state index contributed by atoms with van der Waals surface area (Å²) >= 11 is 6.88. The van der Waals surface area contributed by atoms with Gasteiger partial charge < -0.3 is 10.2 Å². The zero-order valence-electron chi connectivity index (χ0n) is 19.1. The van der Waals surface area contributed by atoms with Crippen molar-refractivity contribution < 1.29 is 0 Å². The van der Waals surface area contributed by atoms with Gasteiger partial charge in [0.25, 0.3) is 0 Å². The molecule has 1 N–H and O–H groups in total. The molecule has 5 atom stereocenters. The molecule has 29 heavy (non-hydrogen) atoms. The smallest absolute Gasteiger partial charge is 0.0589 e. The van der Waals surface area contributed by atoms with Crippen LogP contribution in [0.5, 0.6) is 0 Å².